The van der Waals surface area contributed by atoms with Crippen LogP contribution in [0.1, 0.15) is 67.2 Å². The van der Waals surface area contributed by atoms with Crippen molar-refractivity contribution < 1.29 is 43.5 Å². The summed E-state index contributed by atoms with van der Waals surface area (Å²) in [5, 5.41) is 22.7. The third-order valence-corrected chi connectivity index (χ3v) is 11.8. The third kappa shape index (κ3) is 4.36. The number of allylic oxidation sites excluding steroid dienone is 4. The van der Waals surface area contributed by atoms with E-state index in [4.69, 9.17) is 18.9 Å². The van der Waals surface area contributed by atoms with E-state index in [0.29, 0.717) is 24.3 Å². The smallest absolute Gasteiger partial charge is 0.334 e. The highest BCUT2D eigenvalue weighted by atomic mass is 16.7. The number of carbonyl (C=O) groups is 3. The van der Waals surface area contributed by atoms with Gasteiger partial charge < -0.3 is 34.0 Å². The van der Waals surface area contributed by atoms with Gasteiger partial charge in [0.25, 0.3) is 0 Å². The minimum Gasteiger partial charge on any atom is -0.481 e. The van der Waals surface area contributed by atoms with Crippen LogP contribution in [-0.2, 0) is 33.3 Å². The van der Waals surface area contributed by atoms with Gasteiger partial charge in [0.05, 0.1) is 18.1 Å². The molecule has 1 saturated heterocycles. The van der Waals surface area contributed by atoms with Crippen LogP contribution < -0.4 is 0 Å². The van der Waals surface area contributed by atoms with Crippen LogP contribution in [0.25, 0.3) is 0 Å². The Bertz CT molecular complexity index is 1220. The molecule has 0 unspecified atom stereocenters. The van der Waals surface area contributed by atoms with Crippen molar-refractivity contribution in [1.82, 2.24) is 0 Å². The van der Waals surface area contributed by atoms with Gasteiger partial charge in [0, 0.05) is 18.1 Å². The van der Waals surface area contributed by atoms with Crippen molar-refractivity contribution in [2.24, 2.45) is 45.8 Å². The lowest BCUT2D eigenvalue weighted by Gasteiger charge is -2.58. The Hall–Kier alpha value is -2.33. The number of esters is 1. The fourth-order valence-corrected chi connectivity index (χ4v) is 9.98. The molecule has 0 aromatic carbocycles. The van der Waals surface area contributed by atoms with E-state index < -0.39 is 58.9 Å². The zero-order valence-electron chi connectivity index (χ0n) is 26.4. The molecule has 0 amide bonds. The van der Waals surface area contributed by atoms with Gasteiger partial charge in [-0.1, -0.05) is 57.1 Å². The van der Waals surface area contributed by atoms with Crippen LogP contribution in [0.5, 0.6) is 0 Å². The summed E-state index contributed by atoms with van der Waals surface area (Å²) >= 11 is 0. The van der Waals surface area contributed by atoms with E-state index in [1.807, 2.05) is 20.8 Å². The van der Waals surface area contributed by atoms with E-state index in [-0.39, 0.29) is 30.3 Å². The molecule has 238 valence electrons. The average molecular weight is 601 g/mol. The summed E-state index contributed by atoms with van der Waals surface area (Å²) in [6.07, 6.45) is 6.21. The molecule has 5 aliphatic rings. The zero-order valence-corrected chi connectivity index (χ0v) is 26.4. The van der Waals surface area contributed by atoms with Gasteiger partial charge in [-0.3, -0.25) is 4.79 Å². The molecule has 2 N–H and O–H groups in total. The van der Waals surface area contributed by atoms with Gasteiger partial charge in [-0.2, -0.15) is 0 Å². The number of aldehydes is 1. The molecule has 0 spiro atoms. The fourth-order valence-electron chi connectivity index (χ4n) is 9.98. The third-order valence-electron chi connectivity index (χ3n) is 11.8. The predicted octanol–water partition coefficient (Wildman–Crippen LogP) is 4.48. The highest BCUT2D eigenvalue weighted by Crippen LogP contribution is 2.82. The second kappa shape index (κ2) is 11.5. The summed E-state index contributed by atoms with van der Waals surface area (Å²) in [4.78, 5) is 39.8. The summed E-state index contributed by atoms with van der Waals surface area (Å²) in [5.41, 5.74) is -2.10. The average Bonchev–Trinajstić information content (AvgIpc) is 3.54. The van der Waals surface area contributed by atoms with E-state index in [1.165, 1.54) is 7.11 Å². The van der Waals surface area contributed by atoms with E-state index in [9.17, 15) is 24.6 Å². The lowest BCUT2D eigenvalue weighted by molar-refractivity contribution is -0.308. The Morgan fingerprint density at radius 2 is 1.91 bits per heavy atom. The Kier molecular flexibility index (Phi) is 8.61. The standard InChI is InChI=1S/C34H48O9/c1-8-9-10-20(5)29(37)43-28-26(36)30(42-21(6)27(28)40-7)41-17-33-15-23-19(4)11-12-24(23)32(16-35)14-22(33)13-25(18(2)3)34(32,33)31(38)39/h8-10,13,16,18-19,21-24,26-28,30,36H,11-12,14-15,17H2,1-7H3,(H,38,39)/b9-8+,20-10+/t19-,21-,22+,23-,24-,26+,27-,28+,30-,32+,33+,34+/m1/s1. The minimum atomic E-state index is -1.40. The molecule has 0 radical (unpaired) electrons. The van der Waals surface area contributed by atoms with Crippen LogP contribution in [-0.4, -0.2) is 72.9 Å². The first-order valence-corrected chi connectivity index (χ1v) is 15.8. The zero-order chi connectivity index (χ0) is 31.5. The van der Waals surface area contributed by atoms with Crippen molar-refractivity contribution in [2.75, 3.05) is 13.7 Å². The van der Waals surface area contributed by atoms with Crippen LogP contribution in [0.2, 0.25) is 0 Å². The lowest BCUT2D eigenvalue weighted by atomic mass is 9.43. The first-order valence-electron chi connectivity index (χ1n) is 15.8. The number of hydrogen-bond acceptors (Lipinski definition) is 8. The van der Waals surface area contributed by atoms with E-state index in [1.54, 1.807) is 32.1 Å². The molecule has 9 nitrogen and oxygen atoms in total. The summed E-state index contributed by atoms with van der Waals surface area (Å²) in [7, 11) is 1.47. The quantitative estimate of drug-likeness (QED) is 0.123. The number of aliphatic carboxylic acids is 1. The maximum atomic E-state index is 13.7. The molecule has 5 rings (SSSR count). The summed E-state index contributed by atoms with van der Waals surface area (Å²) in [6.45, 7) is 11.4. The molecule has 1 aliphatic heterocycles. The van der Waals surface area contributed by atoms with Crippen LogP contribution >= 0.6 is 0 Å². The molecule has 43 heavy (non-hydrogen) atoms. The molecule has 1 heterocycles. The maximum absolute atomic E-state index is 13.7. The number of carboxylic acid groups (broad SMARTS) is 1. The molecule has 0 aromatic rings. The second-order valence-corrected chi connectivity index (χ2v) is 13.9. The van der Waals surface area contributed by atoms with Crippen molar-refractivity contribution in [2.45, 2.75) is 97.9 Å². The van der Waals surface area contributed by atoms with Crippen molar-refractivity contribution in [1.29, 1.82) is 0 Å². The first kappa shape index (κ1) is 32.1. The number of rotatable bonds is 10. The van der Waals surface area contributed by atoms with E-state index in [0.717, 1.165) is 24.7 Å². The number of carboxylic acids is 1. The maximum Gasteiger partial charge on any atom is 0.334 e. The predicted molar refractivity (Wildman–Crippen MR) is 158 cm³/mol. The van der Waals surface area contributed by atoms with E-state index in [2.05, 4.69) is 13.0 Å². The Morgan fingerprint density at radius 1 is 1.19 bits per heavy atom. The second-order valence-electron chi connectivity index (χ2n) is 13.9. The number of aliphatic hydroxyl groups is 1. The van der Waals surface area contributed by atoms with Gasteiger partial charge in [0.1, 0.15) is 23.9 Å². The van der Waals surface area contributed by atoms with Crippen molar-refractivity contribution in [3.05, 3.63) is 35.5 Å². The summed E-state index contributed by atoms with van der Waals surface area (Å²) in [5.74, 6) is -1.17. The van der Waals surface area contributed by atoms with Crippen LogP contribution in [0.15, 0.2) is 35.5 Å². The van der Waals surface area contributed by atoms with Crippen LogP contribution in [0, 0.1) is 45.8 Å². The number of ether oxygens (including phenoxy) is 4. The summed E-state index contributed by atoms with van der Waals surface area (Å²) < 4.78 is 23.9. The Labute approximate surface area is 254 Å². The topological polar surface area (TPSA) is 129 Å². The minimum absolute atomic E-state index is 0.00476. The van der Waals surface area contributed by atoms with E-state index >= 15 is 0 Å². The molecular formula is C34H48O9. The number of fused-ring (bicyclic) bond motifs is 2. The molecule has 3 saturated carbocycles. The van der Waals surface area contributed by atoms with Crippen LogP contribution in [0.3, 0.4) is 0 Å². The number of aliphatic hydroxyl groups excluding tert-OH is 1. The molecule has 4 aliphatic carbocycles. The number of carbonyl (C=O) groups excluding carboxylic acids is 2. The van der Waals surface area contributed by atoms with Gasteiger partial charge >= 0.3 is 11.9 Å². The molecular weight excluding hydrogens is 552 g/mol. The van der Waals surface area contributed by atoms with Gasteiger partial charge in [0.2, 0.25) is 0 Å². The fraction of sp³-hybridized carbons (Fsp3) is 0.735. The Balaban J connectivity index is 1.49. The largest absolute Gasteiger partial charge is 0.481 e. The van der Waals surface area contributed by atoms with Gasteiger partial charge in [-0.05, 0) is 69.6 Å². The number of methoxy groups -OCH3 is 1. The van der Waals surface area contributed by atoms with Gasteiger partial charge in [-0.15, -0.1) is 0 Å². The Morgan fingerprint density at radius 3 is 2.51 bits per heavy atom. The molecule has 4 bridgehead atoms. The molecule has 9 heteroatoms. The first-order chi connectivity index (χ1) is 20.4. The van der Waals surface area contributed by atoms with Crippen molar-refractivity contribution >= 4 is 18.2 Å². The molecule has 4 fully saturated rings. The van der Waals surface area contributed by atoms with Crippen molar-refractivity contribution in [3.63, 3.8) is 0 Å². The van der Waals surface area contributed by atoms with Gasteiger partial charge in [-0.25, -0.2) is 4.79 Å². The normalized spacial score (nSPS) is 45.4. The highest BCUT2D eigenvalue weighted by molar-refractivity contribution is 5.90. The van der Waals surface area contributed by atoms with Gasteiger partial charge in [0.15, 0.2) is 12.4 Å². The van der Waals surface area contributed by atoms with Crippen molar-refractivity contribution in [3.8, 4) is 0 Å². The number of hydrogen-bond donors (Lipinski definition) is 2. The monoisotopic (exact) mass is 600 g/mol. The SMILES string of the molecule is C/C=C/C=C(\C)C(=O)O[C@H]1[C@H](O)[C@H](OC[C@@]23C[C@@H]4[C@H](C)CC[C@H]4[C@@]4(C=O)C[C@@H]2C=C(C(C)C)[C@@]34C(=O)O)O[C@H](C)[C@H]1OC. The summed E-state index contributed by atoms with van der Waals surface area (Å²) in [6, 6.07) is 0. The van der Waals surface area contributed by atoms with Crippen LogP contribution in [0.4, 0.5) is 0 Å². The molecule has 12 atom stereocenters. The highest BCUT2D eigenvalue weighted by Gasteiger charge is 2.84. The molecule has 0 aromatic heterocycles. The lowest BCUT2D eigenvalue weighted by Crippen LogP contribution is -2.64.